The zero-order valence-corrected chi connectivity index (χ0v) is 9.31. The lowest BCUT2D eigenvalue weighted by molar-refractivity contribution is -0.136. The van der Waals surface area contributed by atoms with Gasteiger partial charge < -0.3 is 10.4 Å². The topological polar surface area (TPSA) is 62.2 Å². The maximum Gasteiger partial charge on any atom is 0.308 e. The van der Waals surface area contributed by atoms with Gasteiger partial charge in [0, 0.05) is 10.9 Å². The van der Waals surface area contributed by atoms with Crippen molar-refractivity contribution >= 4 is 22.4 Å². The van der Waals surface area contributed by atoms with E-state index in [1.165, 1.54) is 11.3 Å². The number of carboxylic acid groups (broad SMARTS) is 1. The SMILES string of the molecule is Cc1nc(NC(C)C)sc1CC(=O)O. The Morgan fingerprint density at radius 3 is 2.79 bits per heavy atom. The number of rotatable bonds is 4. The fraction of sp³-hybridized carbons (Fsp3) is 0.556. The molecule has 0 aliphatic heterocycles. The lowest BCUT2D eigenvalue weighted by atomic mass is 10.3. The van der Waals surface area contributed by atoms with Crippen LogP contribution in [0.3, 0.4) is 0 Å². The predicted octanol–water partition coefficient (Wildman–Crippen LogP) is 1.90. The lowest BCUT2D eigenvalue weighted by Gasteiger charge is -2.03. The van der Waals surface area contributed by atoms with Crippen molar-refractivity contribution in [1.82, 2.24) is 4.98 Å². The fourth-order valence-electron chi connectivity index (χ4n) is 1.04. The maximum atomic E-state index is 10.5. The average molecular weight is 214 g/mol. The van der Waals surface area contributed by atoms with E-state index < -0.39 is 5.97 Å². The van der Waals surface area contributed by atoms with Crippen LogP contribution in [0, 0.1) is 6.92 Å². The second kappa shape index (κ2) is 4.41. The smallest absolute Gasteiger partial charge is 0.308 e. The second-order valence-corrected chi connectivity index (χ2v) is 4.48. The van der Waals surface area contributed by atoms with Crippen LogP contribution in [-0.2, 0) is 11.2 Å². The highest BCUT2D eigenvalue weighted by atomic mass is 32.1. The monoisotopic (exact) mass is 214 g/mol. The van der Waals surface area contributed by atoms with E-state index in [2.05, 4.69) is 10.3 Å². The molecule has 0 saturated carbocycles. The molecule has 0 radical (unpaired) electrons. The third kappa shape index (κ3) is 2.99. The Labute approximate surface area is 87.0 Å². The van der Waals surface area contributed by atoms with Crippen LogP contribution in [0.25, 0.3) is 0 Å². The van der Waals surface area contributed by atoms with Crippen LogP contribution in [0.2, 0.25) is 0 Å². The number of nitrogens with one attached hydrogen (secondary N) is 1. The van der Waals surface area contributed by atoms with Gasteiger partial charge in [-0.2, -0.15) is 0 Å². The molecule has 78 valence electrons. The predicted molar refractivity (Wildman–Crippen MR) is 56.9 cm³/mol. The molecular weight excluding hydrogens is 200 g/mol. The molecule has 5 heteroatoms. The number of aliphatic carboxylic acids is 1. The van der Waals surface area contributed by atoms with E-state index >= 15 is 0 Å². The summed E-state index contributed by atoms with van der Waals surface area (Å²) >= 11 is 1.41. The van der Waals surface area contributed by atoms with Crippen LogP contribution in [0.15, 0.2) is 0 Å². The number of hydrogen-bond acceptors (Lipinski definition) is 4. The molecule has 0 saturated heterocycles. The number of aromatic nitrogens is 1. The molecule has 0 aromatic carbocycles. The van der Waals surface area contributed by atoms with Gasteiger partial charge in [0.05, 0.1) is 12.1 Å². The van der Waals surface area contributed by atoms with Gasteiger partial charge in [-0.15, -0.1) is 11.3 Å². The number of thiazole rings is 1. The van der Waals surface area contributed by atoms with Gasteiger partial charge >= 0.3 is 5.97 Å². The molecule has 0 bridgehead atoms. The largest absolute Gasteiger partial charge is 0.481 e. The summed E-state index contributed by atoms with van der Waals surface area (Å²) in [4.78, 5) is 15.6. The molecule has 1 heterocycles. The first kappa shape index (κ1) is 11.0. The molecule has 0 spiro atoms. The molecule has 1 aromatic heterocycles. The van der Waals surface area contributed by atoms with E-state index in [0.29, 0.717) is 6.04 Å². The normalized spacial score (nSPS) is 10.6. The van der Waals surface area contributed by atoms with Crippen LogP contribution in [0.1, 0.15) is 24.4 Å². The standard InChI is InChI=1S/C9H14N2O2S/c1-5(2)10-9-11-6(3)7(14-9)4-8(12)13/h5H,4H2,1-3H3,(H,10,11)(H,12,13). The van der Waals surface area contributed by atoms with Crippen molar-refractivity contribution < 1.29 is 9.90 Å². The molecule has 4 nitrogen and oxygen atoms in total. The first-order chi connectivity index (χ1) is 6.49. The van der Waals surface area contributed by atoms with E-state index in [-0.39, 0.29) is 6.42 Å². The fourth-order valence-corrected chi connectivity index (χ4v) is 2.14. The number of aryl methyl sites for hydroxylation is 1. The van der Waals surface area contributed by atoms with Crippen molar-refractivity contribution in [3.8, 4) is 0 Å². The van der Waals surface area contributed by atoms with E-state index in [9.17, 15) is 4.79 Å². The summed E-state index contributed by atoms with van der Waals surface area (Å²) in [5, 5.41) is 12.6. The minimum atomic E-state index is -0.812. The zero-order valence-electron chi connectivity index (χ0n) is 8.50. The summed E-state index contributed by atoms with van der Waals surface area (Å²) in [7, 11) is 0. The van der Waals surface area contributed by atoms with Crippen molar-refractivity contribution in [2.45, 2.75) is 33.2 Å². The second-order valence-electron chi connectivity index (χ2n) is 3.40. The molecule has 0 aliphatic rings. The van der Waals surface area contributed by atoms with Crippen molar-refractivity contribution in [3.05, 3.63) is 10.6 Å². The molecule has 0 amide bonds. The summed E-state index contributed by atoms with van der Waals surface area (Å²) in [5.41, 5.74) is 0.806. The van der Waals surface area contributed by atoms with Gasteiger partial charge in [0.2, 0.25) is 0 Å². The molecule has 0 unspecified atom stereocenters. The Bertz CT molecular complexity index is 334. The zero-order chi connectivity index (χ0) is 10.7. The third-order valence-corrected chi connectivity index (χ3v) is 2.71. The van der Waals surface area contributed by atoms with Gasteiger partial charge in [-0.1, -0.05) is 0 Å². The summed E-state index contributed by atoms with van der Waals surface area (Å²) in [6.07, 6.45) is 0.0588. The van der Waals surface area contributed by atoms with Crippen molar-refractivity contribution in [2.75, 3.05) is 5.32 Å². The van der Waals surface area contributed by atoms with Gasteiger partial charge in [0.25, 0.3) is 0 Å². The maximum absolute atomic E-state index is 10.5. The van der Waals surface area contributed by atoms with Gasteiger partial charge in [0.1, 0.15) is 0 Å². The number of carboxylic acids is 1. The Kier molecular flexibility index (Phi) is 3.46. The summed E-state index contributed by atoms with van der Waals surface area (Å²) in [5.74, 6) is -0.812. The first-order valence-electron chi connectivity index (χ1n) is 4.43. The van der Waals surface area contributed by atoms with E-state index in [1.54, 1.807) is 0 Å². The highest BCUT2D eigenvalue weighted by Crippen LogP contribution is 2.23. The highest BCUT2D eigenvalue weighted by Gasteiger charge is 2.10. The first-order valence-corrected chi connectivity index (χ1v) is 5.25. The van der Waals surface area contributed by atoms with Gasteiger partial charge in [-0.3, -0.25) is 4.79 Å². The Morgan fingerprint density at radius 2 is 2.29 bits per heavy atom. The van der Waals surface area contributed by atoms with Crippen molar-refractivity contribution in [1.29, 1.82) is 0 Å². The van der Waals surface area contributed by atoms with Gasteiger partial charge in [-0.05, 0) is 20.8 Å². The minimum absolute atomic E-state index is 0.0588. The molecule has 1 aromatic rings. The molecular formula is C9H14N2O2S. The molecule has 0 fully saturated rings. The Balaban J connectivity index is 2.76. The van der Waals surface area contributed by atoms with E-state index in [4.69, 9.17) is 5.11 Å². The van der Waals surface area contributed by atoms with Gasteiger partial charge in [-0.25, -0.2) is 4.98 Å². The van der Waals surface area contributed by atoms with Crippen molar-refractivity contribution in [3.63, 3.8) is 0 Å². The molecule has 2 N–H and O–H groups in total. The molecule has 0 aliphatic carbocycles. The van der Waals surface area contributed by atoms with Crippen LogP contribution in [-0.4, -0.2) is 22.1 Å². The number of hydrogen-bond donors (Lipinski definition) is 2. The van der Waals surface area contributed by atoms with Gasteiger partial charge in [0.15, 0.2) is 5.13 Å². The average Bonchev–Trinajstić information content (AvgIpc) is 2.28. The number of carbonyl (C=O) groups is 1. The van der Waals surface area contributed by atoms with Crippen LogP contribution in [0.4, 0.5) is 5.13 Å². The molecule has 14 heavy (non-hydrogen) atoms. The summed E-state index contributed by atoms with van der Waals surface area (Å²) in [6.45, 7) is 5.88. The summed E-state index contributed by atoms with van der Waals surface area (Å²) < 4.78 is 0. The number of nitrogens with zero attached hydrogens (tertiary/aromatic N) is 1. The lowest BCUT2D eigenvalue weighted by Crippen LogP contribution is -2.08. The molecule has 0 atom stereocenters. The quantitative estimate of drug-likeness (QED) is 0.803. The minimum Gasteiger partial charge on any atom is -0.481 e. The van der Waals surface area contributed by atoms with E-state index in [1.807, 2.05) is 20.8 Å². The van der Waals surface area contributed by atoms with Crippen LogP contribution in [0.5, 0.6) is 0 Å². The Hall–Kier alpha value is -1.10. The molecule has 1 rings (SSSR count). The van der Waals surface area contributed by atoms with E-state index in [0.717, 1.165) is 15.7 Å². The Morgan fingerprint density at radius 1 is 1.64 bits per heavy atom. The third-order valence-electron chi connectivity index (χ3n) is 1.62. The van der Waals surface area contributed by atoms with Crippen LogP contribution >= 0.6 is 11.3 Å². The number of anilines is 1. The summed E-state index contributed by atoms with van der Waals surface area (Å²) in [6, 6.07) is 0.318. The highest BCUT2D eigenvalue weighted by molar-refractivity contribution is 7.15. The van der Waals surface area contributed by atoms with Crippen molar-refractivity contribution in [2.24, 2.45) is 0 Å². The van der Waals surface area contributed by atoms with Crippen LogP contribution < -0.4 is 5.32 Å².